The number of sulfone groups is 1. The van der Waals surface area contributed by atoms with Crippen LogP contribution in [0.25, 0.3) is 10.8 Å². The third-order valence-electron chi connectivity index (χ3n) is 7.46. The zero-order valence-corrected chi connectivity index (χ0v) is 31.6. The Bertz CT molecular complexity index is 3050. The van der Waals surface area contributed by atoms with E-state index in [1.807, 2.05) is 0 Å². The van der Waals surface area contributed by atoms with Crippen LogP contribution >= 0.6 is 0 Å². The predicted molar refractivity (Wildman–Crippen MR) is 197 cm³/mol. The third kappa shape index (κ3) is 10.1. The lowest BCUT2D eigenvalue weighted by Crippen LogP contribution is -2.16. The zero-order chi connectivity index (χ0) is 42.8. The van der Waals surface area contributed by atoms with Crippen LogP contribution in [0.15, 0.2) is 124 Å². The Balaban J connectivity index is 1.51. The second-order valence-electron chi connectivity index (χ2n) is 11.3. The molecule has 0 bridgehead atoms. The van der Waals surface area contributed by atoms with Gasteiger partial charge in [-0.25, -0.2) is 12.6 Å². The summed E-state index contributed by atoms with van der Waals surface area (Å²) in [6, 6.07) is 12.9. The number of aromatic hydroxyl groups is 3. The molecule has 0 fully saturated rings. The smallest absolute Gasteiger partial charge is 0.397 e. The first-order valence-electron chi connectivity index (χ1n) is 15.2. The molecule has 0 heterocycles. The summed E-state index contributed by atoms with van der Waals surface area (Å²) in [4.78, 5) is 7.84. The number of phenolic OH excluding ortho intramolecular Hbond substituents is 3. The van der Waals surface area contributed by atoms with E-state index in [4.69, 9.17) is 4.55 Å². The van der Waals surface area contributed by atoms with Gasteiger partial charge in [0.1, 0.15) is 33.5 Å². The van der Waals surface area contributed by atoms with E-state index in [0.717, 1.165) is 54.6 Å². The fourth-order valence-electron chi connectivity index (χ4n) is 4.74. The highest BCUT2D eigenvalue weighted by molar-refractivity contribution is 7.91. The van der Waals surface area contributed by atoms with Crippen molar-refractivity contribution in [1.29, 1.82) is 0 Å². The molecule has 5 aromatic carbocycles. The number of rotatable bonds is 14. The highest BCUT2D eigenvalue weighted by Gasteiger charge is 2.24. The van der Waals surface area contributed by atoms with Crippen molar-refractivity contribution in [3.63, 3.8) is 0 Å². The first-order valence-corrected chi connectivity index (χ1v) is 21.1. The van der Waals surface area contributed by atoms with Gasteiger partial charge in [0.2, 0.25) is 0 Å². The van der Waals surface area contributed by atoms with Crippen LogP contribution in [0, 0.1) is 10.1 Å². The van der Waals surface area contributed by atoms with Gasteiger partial charge in [-0.05, 0) is 60.7 Å². The molecule has 28 heteroatoms. The standard InChI is InChI=1S/C30H23N7O17S4/c38-26-10-9-25(35-34-24-6-3-17(15-28(24)57(48,49)50)55(43,44)12-11-54-58(51,52)53)30(40)29(26)36-32-22-8-7-21(19-4-2-18(14-20(19)22)56(45,46)47)31-33-23-5-1-16(37(41)42)13-27(23)39/h1-10,13-15,38-40H,11-12H2,(H,45,46,47)(H,48,49,50)(H,51,52,53)/b33-31+,35-34-,36-32+. The van der Waals surface area contributed by atoms with E-state index < -0.39 is 112 Å². The normalized spacial score (nSPS) is 12.9. The van der Waals surface area contributed by atoms with Crippen molar-refractivity contribution < 1.29 is 71.8 Å². The summed E-state index contributed by atoms with van der Waals surface area (Å²) < 4.78 is 127. The molecule has 58 heavy (non-hydrogen) atoms. The number of hydrogen-bond acceptors (Lipinski definition) is 20. The second-order valence-corrected chi connectivity index (χ2v) is 17.3. The SMILES string of the molecule is O=[N+]([O-])c1ccc(/N=N/c2ccc(/N=N/c3c(O)ccc(/N=N\c4ccc(S(=O)(=O)CCOS(=O)(=O)O)cc4S(=O)(=O)O)c3O)c3cc(S(=O)(=O)O)ccc23)c(O)c1. The molecule has 6 N–H and O–H groups in total. The molecule has 5 aromatic rings. The summed E-state index contributed by atoms with van der Waals surface area (Å²) in [5.41, 5.74) is -2.48. The van der Waals surface area contributed by atoms with Crippen LogP contribution in [0.4, 0.5) is 39.8 Å². The predicted octanol–water partition coefficient (Wildman–Crippen LogP) is 6.20. The van der Waals surface area contributed by atoms with Crippen LogP contribution in [-0.2, 0) is 44.7 Å². The zero-order valence-electron chi connectivity index (χ0n) is 28.4. The number of nitrogens with zero attached hydrogens (tertiary/aromatic N) is 7. The number of hydrogen-bond donors (Lipinski definition) is 6. The quantitative estimate of drug-likeness (QED) is 0.0313. The molecular formula is C30H23N7O17S4. The third-order valence-corrected chi connectivity index (χ3v) is 11.3. The molecule has 0 spiro atoms. The van der Waals surface area contributed by atoms with E-state index >= 15 is 0 Å². The number of nitro benzene ring substituents is 1. The average molecular weight is 882 g/mol. The first kappa shape index (κ1) is 42.7. The molecule has 0 aliphatic carbocycles. The molecule has 0 saturated heterocycles. The Hall–Kier alpha value is -6.40. The number of azo groups is 3. The van der Waals surface area contributed by atoms with Crippen molar-refractivity contribution in [2.75, 3.05) is 12.4 Å². The van der Waals surface area contributed by atoms with Crippen molar-refractivity contribution in [3.05, 3.63) is 89.0 Å². The Kier molecular flexibility index (Phi) is 12.0. The van der Waals surface area contributed by atoms with Gasteiger partial charge in [-0.3, -0.25) is 23.8 Å². The molecule has 0 aliphatic rings. The van der Waals surface area contributed by atoms with E-state index in [2.05, 4.69) is 34.9 Å². The molecule has 0 saturated carbocycles. The monoisotopic (exact) mass is 881 g/mol. The van der Waals surface area contributed by atoms with Gasteiger partial charge in [-0.1, -0.05) is 6.07 Å². The van der Waals surface area contributed by atoms with E-state index in [1.165, 1.54) is 18.2 Å². The summed E-state index contributed by atoms with van der Waals surface area (Å²) in [6.45, 7) is -1.04. The van der Waals surface area contributed by atoms with Crippen LogP contribution in [0.1, 0.15) is 0 Å². The summed E-state index contributed by atoms with van der Waals surface area (Å²) in [5, 5.41) is 65.7. The van der Waals surface area contributed by atoms with E-state index in [1.54, 1.807) is 0 Å². The molecular weight excluding hydrogens is 859 g/mol. The minimum Gasteiger partial charge on any atom is -0.505 e. The molecule has 0 radical (unpaired) electrons. The van der Waals surface area contributed by atoms with Crippen molar-refractivity contribution in [2.45, 2.75) is 14.7 Å². The lowest BCUT2D eigenvalue weighted by molar-refractivity contribution is -0.384. The average Bonchev–Trinajstić information content (AvgIpc) is 3.12. The minimum absolute atomic E-state index is 0.0350. The van der Waals surface area contributed by atoms with Crippen molar-refractivity contribution in [2.24, 2.45) is 30.7 Å². The summed E-state index contributed by atoms with van der Waals surface area (Å²) >= 11 is 0. The highest BCUT2D eigenvalue weighted by atomic mass is 32.3. The van der Waals surface area contributed by atoms with Gasteiger partial charge in [0, 0.05) is 16.8 Å². The lowest BCUT2D eigenvalue weighted by Gasteiger charge is -2.08. The Morgan fingerprint density at radius 2 is 1.12 bits per heavy atom. The van der Waals surface area contributed by atoms with Gasteiger partial charge in [0.05, 0.1) is 44.5 Å². The van der Waals surface area contributed by atoms with Crippen LogP contribution in [0.3, 0.4) is 0 Å². The van der Waals surface area contributed by atoms with Gasteiger partial charge in [0.15, 0.2) is 21.3 Å². The van der Waals surface area contributed by atoms with Crippen molar-refractivity contribution in [1.82, 2.24) is 0 Å². The van der Waals surface area contributed by atoms with E-state index in [-0.39, 0.29) is 27.8 Å². The van der Waals surface area contributed by atoms with E-state index in [0.29, 0.717) is 6.07 Å². The molecule has 0 amide bonds. The molecule has 24 nitrogen and oxygen atoms in total. The Labute approximate surface area is 325 Å². The van der Waals surface area contributed by atoms with Crippen LogP contribution in [0.5, 0.6) is 17.2 Å². The number of benzene rings is 5. The lowest BCUT2D eigenvalue weighted by atomic mass is 10.1. The molecule has 0 unspecified atom stereocenters. The van der Waals surface area contributed by atoms with Crippen LogP contribution in [-0.4, -0.2) is 79.9 Å². The van der Waals surface area contributed by atoms with Crippen LogP contribution in [0.2, 0.25) is 0 Å². The molecule has 304 valence electrons. The topological polar surface area (TPSA) is 384 Å². The van der Waals surface area contributed by atoms with Gasteiger partial charge in [0.25, 0.3) is 25.9 Å². The second kappa shape index (κ2) is 16.2. The maximum absolute atomic E-state index is 12.6. The van der Waals surface area contributed by atoms with Gasteiger partial charge >= 0.3 is 10.4 Å². The first-order chi connectivity index (χ1) is 26.9. The van der Waals surface area contributed by atoms with Gasteiger partial charge in [-0.2, -0.15) is 25.3 Å². The summed E-state index contributed by atoms with van der Waals surface area (Å²) in [6.07, 6.45) is 0. The fraction of sp³-hybridized carbons (Fsp3) is 0.0667. The van der Waals surface area contributed by atoms with E-state index in [9.17, 15) is 68.2 Å². The molecule has 0 atom stereocenters. The van der Waals surface area contributed by atoms with Crippen molar-refractivity contribution >= 4 is 91.1 Å². The number of fused-ring (bicyclic) bond motifs is 1. The number of non-ortho nitro benzene ring substituents is 1. The number of nitro groups is 1. The highest BCUT2D eigenvalue weighted by Crippen LogP contribution is 2.45. The molecule has 0 aromatic heterocycles. The maximum Gasteiger partial charge on any atom is 0.397 e. The summed E-state index contributed by atoms with van der Waals surface area (Å²) in [5.74, 6) is -3.22. The molecule has 0 aliphatic heterocycles. The fourth-order valence-corrected chi connectivity index (χ4v) is 7.48. The molecule has 5 rings (SSSR count). The Morgan fingerprint density at radius 3 is 1.74 bits per heavy atom. The van der Waals surface area contributed by atoms with Crippen LogP contribution < -0.4 is 0 Å². The maximum atomic E-state index is 12.6. The van der Waals surface area contributed by atoms with Gasteiger partial charge < -0.3 is 15.3 Å². The Morgan fingerprint density at radius 1 is 0.569 bits per heavy atom. The summed E-state index contributed by atoms with van der Waals surface area (Å²) in [7, 11) is -19.4. The minimum atomic E-state index is -5.21. The largest absolute Gasteiger partial charge is 0.505 e. The van der Waals surface area contributed by atoms with Crippen molar-refractivity contribution in [3.8, 4) is 17.2 Å². The van der Waals surface area contributed by atoms with Gasteiger partial charge in [-0.15, -0.1) is 30.7 Å². The number of phenols is 3.